The van der Waals surface area contributed by atoms with Crippen LogP contribution < -0.4 is 4.74 Å². The Hall–Kier alpha value is -1.70. The van der Waals surface area contributed by atoms with E-state index in [0.29, 0.717) is 5.02 Å². The summed E-state index contributed by atoms with van der Waals surface area (Å²) >= 11 is 5.91. The Labute approximate surface area is 167 Å². The van der Waals surface area contributed by atoms with Crippen molar-refractivity contribution in [1.82, 2.24) is 0 Å². The first-order valence-corrected chi connectivity index (χ1v) is 10.7. The maximum Gasteiger partial charge on any atom is 0.189 e. The van der Waals surface area contributed by atoms with Crippen molar-refractivity contribution in [2.75, 3.05) is 13.2 Å². The van der Waals surface area contributed by atoms with Gasteiger partial charge in [0.2, 0.25) is 0 Å². The fourth-order valence-electron chi connectivity index (χ4n) is 4.45. The first-order chi connectivity index (χ1) is 13.1. The van der Waals surface area contributed by atoms with E-state index in [2.05, 4.69) is 0 Å². The van der Waals surface area contributed by atoms with Crippen LogP contribution in [0.4, 0.5) is 8.78 Å². The molecule has 150 valence electrons. The molecule has 2 atom stereocenters. The molecule has 0 saturated carbocycles. The van der Waals surface area contributed by atoms with Gasteiger partial charge in [0.05, 0.1) is 22.7 Å². The Morgan fingerprint density at radius 1 is 1.07 bits per heavy atom. The molecule has 0 bridgehead atoms. The average molecular weight is 429 g/mol. The lowest BCUT2D eigenvalue weighted by atomic mass is 9.71. The number of benzene rings is 2. The molecular formula is C20H19ClF2O4S. The van der Waals surface area contributed by atoms with Gasteiger partial charge in [0.1, 0.15) is 10.6 Å². The smallest absolute Gasteiger partial charge is 0.189 e. The number of fused-ring (bicyclic) bond motifs is 3. The predicted octanol–water partition coefficient (Wildman–Crippen LogP) is 4.49. The van der Waals surface area contributed by atoms with Crippen molar-refractivity contribution in [3.63, 3.8) is 0 Å². The number of halogens is 3. The third kappa shape index (κ3) is 2.60. The SMILES string of the molecule is CC1(C)OCC[C@@]2(S(=O)(=O)c3ccc(Cl)cc3)c3c(F)ccc(F)c3OC[C@@H]12. The van der Waals surface area contributed by atoms with Crippen molar-refractivity contribution >= 4 is 21.4 Å². The van der Waals surface area contributed by atoms with Gasteiger partial charge in [-0.1, -0.05) is 11.6 Å². The van der Waals surface area contributed by atoms with Gasteiger partial charge in [-0.05, 0) is 56.7 Å². The first-order valence-electron chi connectivity index (χ1n) is 8.87. The van der Waals surface area contributed by atoms with Crippen LogP contribution in [0.3, 0.4) is 0 Å². The van der Waals surface area contributed by atoms with Gasteiger partial charge < -0.3 is 9.47 Å². The second-order valence-electron chi connectivity index (χ2n) is 7.65. The van der Waals surface area contributed by atoms with Crippen LogP contribution in [0.1, 0.15) is 25.8 Å². The minimum absolute atomic E-state index is 0.00360. The van der Waals surface area contributed by atoms with E-state index < -0.39 is 37.7 Å². The molecule has 4 rings (SSSR count). The lowest BCUT2D eigenvalue weighted by Crippen LogP contribution is -2.61. The van der Waals surface area contributed by atoms with E-state index in [0.717, 1.165) is 12.1 Å². The van der Waals surface area contributed by atoms with Gasteiger partial charge in [0.25, 0.3) is 0 Å². The molecule has 2 aromatic carbocycles. The van der Waals surface area contributed by atoms with Crippen LogP contribution in [0.2, 0.25) is 5.02 Å². The monoisotopic (exact) mass is 428 g/mol. The van der Waals surface area contributed by atoms with Gasteiger partial charge in [0.15, 0.2) is 21.4 Å². The Balaban J connectivity index is 2.07. The second-order valence-corrected chi connectivity index (χ2v) is 10.3. The molecule has 0 N–H and O–H groups in total. The van der Waals surface area contributed by atoms with Crippen molar-refractivity contribution in [2.24, 2.45) is 5.92 Å². The van der Waals surface area contributed by atoms with Crippen LogP contribution in [-0.2, 0) is 19.3 Å². The topological polar surface area (TPSA) is 52.6 Å². The minimum atomic E-state index is -4.15. The third-order valence-electron chi connectivity index (χ3n) is 5.83. The summed E-state index contributed by atoms with van der Waals surface area (Å²) in [5, 5.41) is 0.380. The first kappa shape index (κ1) is 19.6. The molecule has 0 amide bonds. The normalized spacial score (nSPS) is 26.1. The fourth-order valence-corrected chi connectivity index (χ4v) is 7.03. The molecule has 2 aromatic rings. The maximum atomic E-state index is 15.1. The fraction of sp³-hybridized carbons (Fsp3) is 0.400. The van der Waals surface area contributed by atoms with E-state index in [1.807, 2.05) is 0 Å². The number of hydrogen-bond donors (Lipinski definition) is 0. The maximum absolute atomic E-state index is 15.1. The highest BCUT2D eigenvalue weighted by Crippen LogP contribution is 2.57. The number of ether oxygens (including phenoxy) is 2. The van der Waals surface area contributed by atoms with Gasteiger partial charge in [0, 0.05) is 17.5 Å². The van der Waals surface area contributed by atoms with Crippen molar-refractivity contribution in [2.45, 2.75) is 35.5 Å². The molecule has 2 aliphatic heterocycles. The van der Waals surface area contributed by atoms with Crippen molar-refractivity contribution in [3.05, 3.63) is 58.6 Å². The molecule has 0 radical (unpaired) electrons. The molecule has 0 spiro atoms. The van der Waals surface area contributed by atoms with Crippen LogP contribution in [-0.4, -0.2) is 27.2 Å². The molecule has 4 nitrogen and oxygen atoms in total. The van der Waals surface area contributed by atoms with E-state index in [1.54, 1.807) is 13.8 Å². The molecule has 2 aliphatic rings. The van der Waals surface area contributed by atoms with Crippen LogP contribution in [0.5, 0.6) is 5.75 Å². The van der Waals surface area contributed by atoms with Crippen LogP contribution in [0, 0.1) is 17.6 Å². The largest absolute Gasteiger partial charge is 0.490 e. The summed E-state index contributed by atoms with van der Waals surface area (Å²) in [5.41, 5.74) is -1.18. The van der Waals surface area contributed by atoms with Gasteiger partial charge in [-0.3, -0.25) is 0 Å². The predicted molar refractivity (Wildman–Crippen MR) is 100 cm³/mol. The quantitative estimate of drug-likeness (QED) is 0.707. The van der Waals surface area contributed by atoms with Crippen LogP contribution in [0.15, 0.2) is 41.3 Å². The molecule has 8 heteroatoms. The van der Waals surface area contributed by atoms with E-state index in [4.69, 9.17) is 21.1 Å². The Kier molecular flexibility index (Phi) is 4.48. The number of hydrogen-bond acceptors (Lipinski definition) is 4. The standard InChI is InChI=1S/C20H19ClF2O4S/c1-19(2)16-11-26-18-15(23)8-7-14(22)17(18)20(16,9-10-27-19)28(24,25)13-5-3-12(21)4-6-13/h3-8,16H,9-11H2,1-2H3/t16-,20-/m0/s1. The summed E-state index contributed by atoms with van der Waals surface area (Å²) in [6.45, 7) is 3.47. The molecule has 0 aliphatic carbocycles. The zero-order valence-electron chi connectivity index (χ0n) is 15.3. The van der Waals surface area contributed by atoms with E-state index >= 15 is 4.39 Å². The number of sulfone groups is 1. The van der Waals surface area contributed by atoms with E-state index in [9.17, 15) is 12.8 Å². The highest BCUT2D eigenvalue weighted by atomic mass is 35.5. The van der Waals surface area contributed by atoms with Crippen molar-refractivity contribution in [3.8, 4) is 5.75 Å². The summed E-state index contributed by atoms with van der Waals surface area (Å²) in [7, 11) is -4.15. The second kappa shape index (κ2) is 6.40. The molecule has 0 unspecified atom stereocenters. The molecule has 28 heavy (non-hydrogen) atoms. The highest BCUT2D eigenvalue weighted by molar-refractivity contribution is 7.92. The molecule has 1 saturated heterocycles. The Bertz CT molecular complexity index is 1040. The summed E-state index contributed by atoms with van der Waals surface area (Å²) < 4.78 is 67.0. The average Bonchev–Trinajstić information content (AvgIpc) is 2.64. The van der Waals surface area contributed by atoms with Crippen LogP contribution in [0.25, 0.3) is 0 Å². The van der Waals surface area contributed by atoms with Crippen molar-refractivity contribution < 1.29 is 26.7 Å². The zero-order valence-corrected chi connectivity index (χ0v) is 16.9. The van der Waals surface area contributed by atoms with Gasteiger partial charge in [-0.15, -0.1) is 0 Å². The van der Waals surface area contributed by atoms with Crippen LogP contribution >= 0.6 is 11.6 Å². The molecular weight excluding hydrogens is 410 g/mol. The van der Waals surface area contributed by atoms with Crippen molar-refractivity contribution in [1.29, 1.82) is 0 Å². The van der Waals surface area contributed by atoms with Gasteiger partial charge in [-0.25, -0.2) is 17.2 Å². The van der Waals surface area contributed by atoms with E-state index in [1.165, 1.54) is 24.3 Å². The number of rotatable bonds is 2. The summed E-state index contributed by atoms with van der Waals surface area (Å²) in [4.78, 5) is -0.00360. The summed E-state index contributed by atoms with van der Waals surface area (Å²) in [6.07, 6.45) is -0.0111. The lowest BCUT2D eigenvalue weighted by molar-refractivity contribution is -0.130. The highest BCUT2D eigenvalue weighted by Gasteiger charge is 2.63. The van der Waals surface area contributed by atoms with E-state index in [-0.39, 0.29) is 35.8 Å². The summed E-state index contributed by atoms with van der Waals surface area (Å²) in [6, 6.07) is 7.60. The summed E-state index contributed by atoms with van der Waals surface area (Å²) in [5.74, 6) is -2.68. The lowest BCUT2D eigenvalue weighted by Gasteiger charge is -2.53. The minimum Gasteiger partial charge on any atom is -0.490 e. The molecule has 0 aromatic heterocycles. The Morgan fingerprint density at radius 3 is 2.39 bits per heavy atom. The molecule has 2 heterocycles. The zero-order chi connectivity index (χ0) is 20.3. The molecule has 1 fully saturated rings. The third-order valence-corrected chi connectivity index (χ3v) is 8.63. The van der Waals surface area contributed by atoms with Gasteiger partial charge in [-0.2, -0.15) is 0 Å². The van der Waals surface area contributed by atoms with Gasteiger partial charge >= 0.3 is 0 Å². The Morgan fingerprint density at radius 2 is 1.71 bits per heavy atom.